The first-order valence-corrected chi connectivity index (χ1v) is 25.4. The van der Waals surface area contributed by atoms with Crippen LogP contribution in [0.2, 0.25) is 0 Å². The van der Waals surface area contributed by atoms with Gasteiger partial charge in [-0.1, -0.05) is 171 Å². The molecule has 0 radical (unpaired) electrons. The smallest absolute Gasteiger partial charge is 0.264 e. The highest BCUT2D eigenvalue weighted by Gasteiger charge is 2.48. The number of anilines is 6. The molecule has 0 bridgehead atoms. The van der Waals surface area contributed by atoms with Crippen LogP contribution in [0.1, 0.15) is 157 Å². The summed E-state index contributed by atoms with van der Waals surface area (Å²) in [6, 6.07) is 45.8. The van der Waals surface area contributed by atoms with Crippen LogP contribution in [0.25, 0.3) is 21.2 Å². The molecule has 0 unspecified atom stereocenters. The SMILES string of the molecule is CC(C)(C)c1ccc(N2c3cc(C(C)(C)C)cc4c3B(c3cc5c(cc3N4c3ccc(C(C)(C)C)cc3-c3ccccc3)C(C)(C)CCC5(C)C)c3sc4ccc(C(C)(C)C)cc4c32)cc1. The molecule has 3 heterocycles. The van der Waals surface area contributed by atoms with Gasteiger partial charge in [-0.25, -0.2) is 0 Å². The summed E-state index contributed by atoms with van der Waals surface area (Å²) < 4.78 is 2.79. The van der Waals surface area contributed by atoms with Gasteiger partial charge in [0.1, 0.15) is 0 Å². The Hall–Kier alpha value is -5.06. The standard InChI is InChI=1S/C62H71BN2S/c1-57(2,3)39-22-26-43(27-23-39)64-51-34-42(60(10,11)12)35-52-54(51)63(56-55(64)45-33-41(59(7,8)9)25-29-53(45)66-56)48-36-46-47(62(15,16)31-30-61(46,13)14)37-50(48)65(52)49-28-24-40(58(4,5)6)32-44(49)38-20-18-17-19-21-38/h17-29,32-37H,30-31H2,1-16H3. The van der Waals surface area contributed by atoms with Crippen molar-refractivity contribution in [3.05, 3.63) is 149 Å². The number of rotatable bonds is 3. The lowest BCUT2D eigenvalue weighted by atomic mass is 9.35. The van der Waals surface area contributed by atoms with E-state index in [0.717, 1.165) is 0 Å². The second-order valence-corrected chi connectivity index (χ2v) is 26.5. The van der Waals surface area contributed by atoms with Gasteiger partial charge >= 0.3 is 0 Å². The van der Waals surface area contributed by atoms with Crippen LogP contribution in [-0.4, -0.2) is 6.71 Å². The molecule has 0 atom stereocenters. The number of fused-ring (bicyclic) bond motifs is 7. The molecule has 1 aromatic heterocycles. The first-order valence-electron chi connectivity index (χ1n) is 24.6. The van der Waals surface area contributed by atoms with E-state index in [1.807, 2.05) is 11.3 Å². The zero-order chi connectivity index (χ0) is 47.3. The Morgan fingerprint density at radius 2 is 1.02 bits per heavy atom. The van der Waals surface area contributed by atoms with Gasteiger partial charge in [0.2, 0.25) is 0 Å². The molecule has 6 aromatic carbocycles. The predicted octanol–water partition coefficient (Wildman–Crippen LogP) is 16.2. The minimum Gasteiger partial charge on any atom is -0.311 e. The quantitative estimate of drug-likeness (QED) is 0.163. The molecule has 3 aliphatic rings. The van der Waals surface area contributed by atoms with Gasteiger partial charge in [0, 0.05) is 43.2 Å². The Labute approximate surface area is 401 Å². The van der Waals surface area contributed by atoms with Crippen molar-refractivity contribution in [2.75, 3.05) is 9.80 Å². The molecular weight excluding hydrogens is 816 g/mol. The number of thiophene rings is 1. The van der Waals surface area contributed by atoms with E-state index in [9.17, 15) is 0 Å². The summed E-state index contributed by atoms with van der Waals surface area (Å²) in [5, 5.41) is 1.35. The van der Waals surface area contributed by atoms with Crippen LogP contribution in [0.5, 0.6) is 0 Å². The third-order valence-corrected chi connectivity index (χ3v) is 16.8. The molecule has 0 spiro atoms. The Morgan fingerprint density at radius 1 is 0.485 bits per heavy atom. The topological polar surface area (TPSA) is 6.48 Å². The van der Waals surface area contributed by atoms with Crippen LogP contribution in [0.3, 0.4) is 0 Å². The van der Waals surface area contributed by atoms with E-state index >= 15 is 0 Å². The molecule has 0 N–H and O–H groups in total. The maximum atomic E-state index is 2.71. The van der Waals surface area contributed by atoms with Crippen molar-refractivity contribution in [3.8, 4) is 11.1 Å². The van der Waals surface area contributed by atoms with Crippen LogP contribution >= 0.6 is 11.3 Å². The molecule has 1 aliphatic carbocycles. The van der Waals surface area contributed by atoms with Crippen LogP contribution in [0, 0.1) is 0 Å². The minimum absolute atomic E-state index is 0.00966. The lowest BCUT2D eigenvalue weighted by Crippen LogP contribution is -2.61. The van der Waals surface area contributed by atoms with E-state index in [2.05, 4.69) is 236 Å². The Balaban J connectivity index is 1.39. The van der Waals surface area contributed by atoms with Gasteiger partial charge in [-0.05, 0) is 150 Å². The van der Waals surface area contributed by atoms with Gasteiger partial charge in [-0.15, -0.1) is 11.3 Å². The average Bonchev–Trinajstić information content (AvgIpc) is 3.62. The Kier molecular flexibility index (Phi) is 9.98. The molecule has 338 valence electrons. The minimum atomic E-state index is -0.120. The van der Waals surface area contributed by atoms with Gasteiger partial charge in [-0.2, -0.15) is 0 Å². The van der Waals surface area contributed by atoms with E-state index in [0.29, 0.717) is 0 Å². The lowest BCUT2D eigenvalue weighted by molar-refractivity contribution is 0.332. The summed E-state index contributed by atoms with van der Waals surface area (Å²) in [4.78, 5) is 5.39. The van der Waals surface area contributed by atoms with Crippen LogP contribution in [0.4, 0.5) is 34.1 Å². The lowest BCUT2D eigenvalue weighted by Gasteiger charge is -2.47. The third-order valence-electron chi connectivity index (χ3n) is 15.5. The Morgan fingerprint density at radius 3 is 1.61 bits per heavy atom. The highest BCUT2D eigenvalue weighted by atomic mass is 32.1. The summed E-state index contributed by atoms with van der Waals surface area (Å²) in [6.45, 7) is 38.2. The zero-order valence-electron chi connectivity index (χ0n) is 42.8. The van der Waals surface area contributed by atoms with Crippen molar-refractivity contribution < 1.29 is 0 Å². The fraction of sp³-hybridized carbons (Fsp3) is 0.387. The number of hydrogen-bond donors (Lipinski definition) is 0. The molecule has 0 amide bonds. The van der Waals surface area contributed by atoms with Crippen LogP contribution in [-0.2, 0) is 32.5 Å². The number of benzene rings is 6. The van der Waals surface area contributed by atoms with Crippen molar-refractivity contribution in [2.45, 2.75) is 156 Å². The van der Waals surface area contributed by atoms with Crippen LogP contribution in [0.15, 0.2) is 115 Å². The van der Waals surface area contributed by atoms with Crippen molar-refractivity contribution in [3.63, 3.8) is 0 Å². The first kappa shape index (κ1) is 44.8. The number of nitrogens with zero attached hydrogens (tertiary/aromatic N) is 2. The van der Waals surface area contributed by atoms with E-state index in [-0.39, 0.29) is 39.2 Å². The molecule has 2 aliphatic heterocycles. The van der Waals surface area contributed by atoms with Gasteiger partial charge in [0.05, 0.1) is 11.4 Å². The monoisotopic (exact) mass is 887 g/mol. The largest absolute Gasteiger partial charge is 0.311 e. The summed E-state index contributed by atoms with van der Waals surface area (Å²) in [5.41, 5.74) is 21.4. The van der Waals surface area contributed by atoms with E-state index in [4.69, 9.17) is 0 Å². The summed E-state index contributed by atoms with van der Waals surface area (Å²) in [7, 11) is 0. The molecule has 10 rings (SSSR count). The molecule has 2 nitrogen and oxygen atoms in total. The van der Waals surface area contributed by atoms with Crippen molar-refractivity contribution in [2.24, 2.45) is 0 Å². The first-order chi connectivity index (χ1) is 30.7. The number of hydrogen-bond acceptors (Lipinski definition) is 3. The summed E-state index contributed by atoms with van der Waals surface area (Å²) in [6.07, 6.45) is 2.34. The second-order valence-electron chi connectivity index (χ2n) is 25.4. The molecule has 0 saturated carbocycles. The van der Waals surface area contributed by atoms with Crippen molar-refractivity contribution >= 4 is 78.0 Å². The summed E-state index contributed by atoms with van der Waals surface area (Å²) >= 11 is 2.02. The van der Waals surface area contributed by atoms with Gasteiger partial charge < -0.3 is 9.80 Å². The van der Waals surface area contributed by atoms with Crippen LogP contribution < -0.4 is 25.5 Å². The normalized spacial score (nSPS) is 16.5. The maximum absolute atomic E-state index is 2.71. The highest BCUT2D eigenvalue weighted by molar-refractivity contribution is 7.33. The van der Waals surface area contributed by atoms with Gasteiger partial charge in [-0.3, -0.25) is 0 Å². The van der Waals surface area contributed by atoms with Gasteiger partial charge in [0.25, 0.3) is 6.71 Å². The predicted molar refractivity (Wildman–Crippen MR) is 291 cm³/mol. The van der Waals surface area contributed by atoms with E-state index in [1.165, 1.54) is 117 Å². The Bertz CT molecular complexity index is 3060. The average molecular weight is 887 g/mol. The molecular formula is C62H71BN2S. The third kappa shape index (κ3) is 7.19. The zero-order valence-corrected chi connectivity index (χ0v) is 43.6. The summed E-state index contributed by atoms with van der Waals surface area (Å²) in [5.74, 6) is 0. The molecule has 0 fully saturated rings. The maximum Gasteiger partial charge on any atom is 0.264 e. The second kappa shape index (κ2) is 14.7. The molecule has 66 heavy (non-hydrogen) atoms. The van der Waals surface area contributed by atoms with Crippen molar-refractivity contribution in [1.82, 2.24) is 0 Å². The van der Waals surface area contributed by atoms with Gasteiger partial charge in [0.15, 0.2) is 0 Å². The fourth-order valence-corrected chi connectivity index (χ4v) is 12.4. The fourth-order valence-electron chi connectivity index (χ4n) is 11.1. The molecule has 4 heteroatoms. The van der Waals surface area contributed by atoms with Crippen molar-refractivity contribution in [1.29, 1.82) is 0 Å². The molecule has 0 saturated heterocycles. The van der Waals surface area contributed by atoms with E-state index in [1.54, 1.807) is 0 Å². The van der Waals surface area contributed by atoms with E-state index < -0.39 is 0 Å². The molecule has 7 aromatic rings. The highest BCUT2D eigenvalue weighted by Crippen LogP contribution is 2.54.